The van der Waals surface area contributed by atoms with Gasteiger partial charge in [-0.2, -0.15) is 0 Å². The molecule has 0 spiro atoms. The van der Waals surface area contributed by atoms with Gasteiger partial charge >= 0.3 is 0 Å². The van der Waals surface area contributed by atoms with Crippen molar-refractivity contribution in [2.75, 3.05) is 41.4 Å². The van der Waals surface area contributed by atoms with E-state index >= 15 is 0 Å². The van der Waals surface area contributed by atoms with Crippen LogP contribution in [-0.2, 0) is 10.2 Å². The molecular weight excluding hydrogens is 268 g/mol. The van der Waals surface area contributed by atoms with Crippen LogP contribution < -0.4 is 14.8 Å². The van der Waals surface area contributed by atoms with Crippen molar-refractivity contribution >= 4 is 5.91 Å². The first-order chi connectivity index (χ1) is 10.0. The summed E-state index contributed by atoms with van der Waals surface area (Å²) in [4.78, 5) is 14.5. The number of hydrogen-bond acceptors (Lipinski definition) is 4. The summed E-state index contributed by atoms with van der Waals surface area (Å²) in [5.74, 6) is 1.46. The molecule has 1 aromatic carbocycles. The van der Waals surface area contributed by atoms with Crippen molar-refractivity contribution in [3.8, 4) is 11.5 Å². The molecule has 5 heteroatoms. The molecule has 116 valence electrons. The molecule has 1 N–H and O–H groups in total. The Bertz CT molecular complexity index is 510. The minimum absolute atomic E-state index is 0.108. The molecule has 1 aliphatic rings. The SMILES string of the molecule is COc1ccc(C2(C(=O)NCCN(C)C)CC2)cc1OC. The van der Waals surface area contributed by atoms with E-state index < -0.39 is 0 Å². The van der Waals surface area contributed by atoms with Gasteiger partial charge in [0.2, 0.25) is 5.91 Å². The van der Waals surface area contributed by atoms with Gasteiger partial charge in [0, 0.05) is 13.1 Å². The van der Waals surface area contributed by atoms with Crippen LogP contribution in [0.4, 0.5) is 0 Å². The lowest BCUT2D eigenvalue weighted by molar-refractivity contribution is -0.123. The topological polar surface area (TPSA) is 50.8 Å². The molecule has 0 bridgehead atoms. The quantitative estimate of drug-likeness (QED) is 0.825. The first kappa shape index (κ1) is 15.6. The normalized spacial score (nSPS) is 15.7. The van der Waals surface area contributed by atoms with E-state index in [0.29, 0.717) is 18.0 Å². The Balaban J connectivity index is 2.11. The fourth-order valence-electron chi connectivity index (χ4n) is 2.47. The molecule has 1 aliphatic carbocycles. The number of carbonyl (C=O) groups is 1. The first-order valence-electron chi connectivity index (χ1n) is 7.19. The zero-order chi connectivity index (χ0) is 15.5. The van der Waals surface area contributed by atoms with Crippen LogP contribution in [0.3, 0.4) is 0 Å². The summed E-state index contributed by atoms with van der Waals surface area (Å²) >= 11 is 0. The Labute approximate surface area is 126 Å². The van der Waals surface area contributed by atoms with Gasteiger partial charge in [0.25, 0.3) is 0 Å². The molecule has 1 aromatic rings. The number of carbonyl (C=O) groups excluding carboxylic acids is 1. The number of benzene rings is 1. The number of nitrogens with one attached hydrogen (secondary N) is 1. The molecule has 0 atom stereocenters. The minimum Gasteiger partial charge on any atom is -0.493 e. The van der Waals surface area contributed by atoms with Crippen LogP contribution in [0.15, 0.2) is 18.2 Å². The standard InChI is InChI=1S/C16H24N2O3/c1-18(2)10-9-17-15(19)16(7-8-16)12-5-6-13(20-3)14(11-12)21-4/h5-6,11H,7-10H2,1-4H3,(H,17,19). The van der Waals surface area contributed by atoms with Gasteiger partial charge in [-0.15, -0.1) is 0 Å². The number of likely N-dealkylation sites (N-methyl/N-ethyl adjacent to an activating group) is 1. The summed E-state index contributed by atoms with van der Waals surface area (Å²) in [5.41, 5.74) is 0.619. The van der Waals surface area contributed by atoms with Gasteiger partial charge in [-0.1, -0.05) is 6.07 Å². The van der Waals surface area contributed by atoms with Gasteiger partial charge < -0.3 is 19.7 Å². The third-order valence-electron chi connectivity index (χ3n) is 3.97. The van der Waals surface area contributed by atoms with Gasteiger partial charge in [0.05, 0.1) is 19.6 Å². The third-order valence-corrected chi connectivity index (χ3v) is 3.97. The maximum atomic E-state index is 12.5. The number of amides is 1. The molecule has 5 nitrogen and oxygen atoms in total. The van der Waals surface area contributed by atoms with Crippen LogP contribution in [0.5, 0.6) is 11.5 Å². The largest absolute Gasteiger partial charge is 0.493 e. The zero-order valence-electron chi connectivity index (χ0n) is 13.2. The number of rotatable bonds is 7. The predicted octanol–water partition coefficient (Wildman–Crippen LogP) is 1.41. The van der Waals surface area contributed by atoms with Crippen molar-refractivity contribution in [2.24, 2.45) is 0 Å². The van der Waals surface area contributed by atoms with Crippen molar-refractivity contribution in [3.63, 3.8) is 0 Å². The maximum Gasteiger partial charge on any atom is 0.230 e. The highest BCUT2D eigenvalue weighted by atomic mass is 16.5. The van der Waals surface area contributed by atoms with Crippen molar-refractivity contribution in [2.45, 2.75) is 18.3 Å². The van der Waals surface area contributed by atoms with Gasteiger partial charge in [-0.25, -0.2) is 0 Å². The van der Waals surface area contributed by atoms with E-state index in [0.717, 1.165) is 24.9 Å². The maximum absolute atomic E-state index is 12.5. The molecule has 2 rings (SSSR count). The van der Waals surface area contributed by atoms with Crippen molar-refractivity contribution in [3.05, 3.63) is 23.8 Å². The monoisotopic (exact) mass is 292 g/mol. The first-order valence-corrected chi connectivity index (χ1v) is 7.19. The Kier molecular flexibility index (Phi) is 4.73. The van der Waals surface area contributed by atoms with E-state index in [-0.39, 0.29) is 11.3 Å². The predicted molar refractivity (Wildman–Crippen MR) is 82.0 cm³/mol. The second-order valence-corrected chi connectivity index (χ2v) is 5.71. The summed E-state index contributed by atoms with van der Waals surface area (Å²) in [6.45, 7) is 1.51. The number of nitrogens with zero attached hydrogens (tertiary/aromatic N) is 1. The van der Waals surface area contributed by atoms with E-state index in [4.69, 9.17) is 9.47 Å². The third kappa shape index (κ3) is 3.29. The molecule has 0 aliphatic heterocycles. The van der Waals surface area contributed by atoms with E-state index in [1.165, 1.54) is 0 Å². The second kappa shape index (κ2) is 6.35. The molecule has 21 heavy (non-hydrogen) atoms. The molecule has 0 radical (unpaired) electrons. The molecule has 0 saturated heterocycles. The van der Waals surface area contributed by atoms with E-state index in [2.05, 4.69) is 10.2 Å². The smallest absolute Gasteiger partial charge is 0.230 e. The lowest BCUT2D eigenvalue weighted by Crippen LogP contribution is -2.38. The van der Waals surface area contributed by atoms with Crippen LogP contribution in [0.2, 0.25) is 0 Å². The fourth-order valence-corrected chi connectivity index (χ4v) is 2.47. The van der Waals surface area contributed by atoms with E-state index in [1.807, 2.05) is 32.3 Å². The molecule has 0 heterocycles. The molecule has 0 aromatic heterocycles. The average molecular weight is 292 g/mol. The molecular formula is C16H24N2O3. The lowest BCUT2D eigenvalue weighted by atomic mass is 9.94. The van der Waals surface area contributed by atoms with E-state index in [1.54, 1.807) is 14.2 Å². The average Bonchev–Trinajstić information content (AvgIpc) is 3.27. The lowest BCUT2D eigenvalue weighted by Gasteiger charge is -2.18. The minimum atomic E-state index is -0.383. The van der Waals surface area contributed by atoms with Crippen LogP contribution in [0, 0.1) is 0 Å². The molecule has 1 amide bonds. The molecule has 1 saturated carbocycles. The highest BCUT2D eigenvalue weighted by molar-refractivity contribution is 5.91. The highest BCUT2D eigenvalue weighted by Gasteiger charge is 2.51. The van der Waals surface area contributed by atoms with Crippen LogP contribution >= 0.6 is 0 Å². The summed E-state index contributed by atoms with van der Waals surface area (Å²) in [5, 5.41) is 3.03. The molecule has 1 fully saturated rings. The van der Waals surface area contributed by atoms with Crippen molar-refractivity contribution < 1.29 is 14.3 Å². The van der Waals surface area contributed by atoms with Crippen LogP contribution in [0.25, 0.3) is 0 Å². The van der Waals surface area contributed by atoms with Crippen LogP contribution in [0.1, 0.15) is 18.4 Å². The summed E-state index contributed by atoms with van der Waals surface area (Å²) in [6.07, 6.45) is 1.77. The van der Waals surface area contributed by atoms with E-state index in [9.17, 15) is 4.79 Å². The Morgan fingerprint density at radius 1 is 1.24 bits per heavy atom. The van der Waals surface area contributed by atoms with Gasteiger partial charge in [-0.3, -0.25) is 4.79 Å². The molecule has 0 unspecified atom stereocenters. The summed E-state index contributed by atoms with van der Waals surface area (Å²) < 4.78 is 10.6. The fraction of sp³-hybridized carbons (Fsp3) is 0.562. The second-order valence-electron chi connectivity index (χ2n) is 5.71. The van der Waals surface area contributed by atoms with Crippen LogP contribution in [-0.4, -0.2) is 52.2 Å². The Morgan fingerprint density at radius 3 is 2.43 bits per heavy atom. The Morgan fingerprint density at radius 2 is 1.90 bits per heavy atom. The highest BCUT2D eigenvalue weighted by Crippen LogP contribution is 2.50. The number of hydrogen-bond donors (Lipinski definition) is 1. The summed E-state index contributed by atoms with van der Waals surface area (Å²) in [7, 11) is 7.21. The van der Waals surface area contributed by atoms with Crippen molar-refractivity contribution in [1.82, 2.24) is 10.2 Å². The Hall–Kier alpha value is -1.75. The number of methoxy groups -OCH3 is 2. The van der Waals surface area contributed by atoms with Crippen molar-refractivity contribution in [1.29, 1.82) is 0 Å². The number of ether oxygens (including phenoxy) is 2. The van der Waals surface area contributed by atoms with Gasteiger partial charge in [0.1, 0.15) is 0 Å². The van der Waals surface area contributed by atoms with Gasteiger partial charge in [0.15, 0.2) is 11.5 Å². The van der Waals surface area contributed by atoms with Gasteiger partial charge in [-0.05, 0) is 44.6 Å². The zero-order valence-corrected chi connectivity index (χ0v) is 13.2. The summed E-state index contributed by atoms with van der Waals surface area (Å²) in [6, 6.07) is 5.73.